The number of halogens is 2. The number of nitrogens with zero attached hydrogens (tertiary/aromatic N) is 2. The van der Waals surface area contributed by atoms with E-state index in [2.05, 4.69) is 4.90 Å². The summed E-state index contributed by atoms with van der Waals surface area (Å²) in [5.74, 6) is 0.146. The number of rotatable bonds is 4. The largest absolute Gasteiger partial charge is 0.375 e. The highest BCUT2D eigenvalue weighted by atomic mass is 35.5. The summed E-state index contributed by atoms with van der Waals surface area (Å²) in [5, 5.41) is 1.02. The van der Waals surface area contributed by atoms with Gasteiger partial charge in [0.2, 0.25) is 5.91 Å². The average Bonchev–Trinajstić information content (AvgIpc) is 3.35. The van der Waals surface area contributed by atoms with Crippen LogP contribution in [-0.2, 0) is 16.0 Å². The van der Waals surface area contributed by atoms with E-state index in [9.17, 15) is 4.79 Å². The van der Waals surface area contributed by atoms with E-state index in [0.717, 1.165) is 57.4 Å². The fraction of sp³-hybridized carbons (Fsp3) is 0.696. The van der Waals surface area contributed by atoms with Crippen molar-refractivity contribution in [3.63, 3.8) is 0 Å². The van der Waals surface area contributed by atoms with Gasteiger partial charge in [-0.15, -0.1) is 0 Å². The maximum absolute atomic E-state index is 13.3. The van der Waals surface area contributed by atoms with Gasteiger partial charge in [-0.2, -0.15) is 0 Å². The molecule has 1 saturated carbocycles. The van der Waals surface area contributed by atoms with Crippen molar-refractivity contribution >= 4 is 29.1 Å². The van der Waals surface area contributed by atoms with E-state index in [1.807, 2.05) is 24.1 Å². The first-order valence-corrected chi connectivity index (χ1v) is 11.8. The van der Waals surface area contributed by atoms with Gasteiger partial charge in [0.1, 0.15) is 0 Å². The van der Waals surface area contributed by atoms with Gasteiger partial charge in [-0.25, -0.2) is 0 Å². The molecule has 3 aliphatic rings. The Bertz CT molecular complexity index is 730. The third kappa shape index (κ3) is 4.76. The molecule has 0 aromatic heterocycles. The Balaban J connectivity index is 1.54. The van der Waals surface area contributed by atoms with Crippen LogP contribution in [0.4, 0.5) is 0 Å². The third-order valence-electron chi connectivity index (χ3n) is 7.18. The second kappa shape index (κ2) is 9.13. The molecular weight excluding hydrogens is 407 g/mol. The number of carbonyl (C=O) groups excluding carboxylic acids is 1. The summed E-state index contributed by atoms with van der Waals surface area (Å²) >= 11 is 12.2. The number of carbonyl (C=O) groups is 1. The molecule has 0 radical (unpaired) electrons. The molecular formula is C23H32Cl2N2O2. The van der Waals surface area contributed by atoms with E-state index in [4.69, 9.17) is 27.9 Å². The Labute approximate surface area is 184 Å². The summed E-state index contributed by atoms with van der Waals surface area (Å²) in [5.41, 5.74) is 0.881. The van der Waals surface area contributed by atoms with Crippen molar-refractivity contribution in [2.75, 3.05) is 26.7 Å². The second-order valence-corrected chi connectivity index (χ2v) is 9.85. The topological polar surface area (TPSA) is 32.8 Å². The van der Waals surface area contributed by atoms with Crippen LogP contribution in [0.5, 0.6) is 0 Å². The van der Waals surface area contributed by atoms with Gasteiger partial charge in [-0.1, -0.05) is 29.3 Å². The lowest BCUT2D eigenvalue weighted by Gasteiger charge is -2.41. The molecule has 1 amide bonds. The van der Waals surface area contributed by atoms with Gasteiger partial charge >= 0.3 is 0 Å². The van der Waals surface area contributed by atoms with Gasteiger partial charge in [0.25, 0.3) is 0 Å². The summed E-state index contributed by atoms with van der Waals surface area (Å²) in [6.45, 7) is 3.18. The smallest absolute Gasteiger partial charge is 0.227 e. The molecule has 3 atom stereocenters. The zero-order chi connectivity index (χ0) is 20.4. The number of benzene rings is 1. The van der Waals surface area contributed by atoms with Crippen LogP contribution < -0.4 is 0 Å². The molecule has 160 valence electrons. The highest BCUT2D eigenvalue weighted by molar-refractivity contribution is 6.42. The molecule has 1 aliphatic carbocycles. The Morgan fingerprint density at radius 1 is 1.17 bits per heavy atom. The number of amides is 1. The Kier molecular flexibility index (Phi) is 6.75. The zero-order valence-corrected chi connectivity index (χ0v) is 18.9. The number of hydrogen-bond donors (Lipinski definition) is 0. The average molecular weight is 439 g/mol. The minimum atomic E-state index is -0.0305. The van der Waals surface area contributed by atoms with E-state index < -0.39 is 0 Å². The quantitative estimate of drug-likeness (QED) is 0.666. The SMILES string of the molecule is CN(C(=O)Cc1ccc(Cl)c(Cl)c1)C1CC2(CCCO2)CCCC1N1CCCC1. The van der Waals surface area contributed by atoms with Gasteiger partial charge in [0.05, 0.1) is 22.1 Å². The summed E-state index contributed by atoms with van der Waals surface area (Å²) in [6, 6.07) is 6.11. The molecule has 2 heterocycles. The number of likely N-dealkylation sites (N-methyl/N-ethyl adjacent to an activating group) is 1. The van der Waals surface area contributed by atoms with Crippen molar-refractivity contribution in [3.05, 3.63) is 33.8 Å². The molecule has 2 saturated heterocycles. The number of likely N-dealkylation sites (tertiary alicyclic amines) is 1. The molecule has 29 heavy (non-hydrogen) atoms. The van der Waals surface area contributed by atoms with E-state index >= 15 is 0 Å². The molecule has 3 unspecified atom stereocenters. The number of ether oxygens (including phenoxy) is 1. The monoisotopic (exact) mass is 438 g/mol. The van der Waals surface area contributed by atoms with Crippen LogP contribution in [0.1, 0.15) is 56.9 Å². The first-order valence-electron chi connectivity index (χ1n) is 11.1. The Morgan fingerprint density at radius 2 is 1.93 bits per heavy atom. The molecule has 4 nitrogen and oxygen atoms in total. The van der Waals surface area contributed by atoms with Crippen LogP contribution in [0.2, 0.25) is 10.0 Å². The lowest BCUT2D eigenvalue weighted by Crippen LogP contribution is -2.53. The van der Waals surface area contributed by atoms with Gasteiger partial charge in [0.15, 0.2) is 0 Å². The molecule has 1 aromatic rings. The second-order valence-electron chi connectivity index (χ2n) is 9.04. The minimum Gasteiger partial charge on any atom is -0.375 e. The van der Waals surface area contributed by atoms with E-state index in [1.165, 1.54) is 19.3 Å². The van der Waals surface area contributed by atoms with Gasteiger partial charge < -0.3 is 9.64 Å². The van der Waals surface area contributed by atoms with Crippen molar-refractivity contribution < 1.29 is 9.53 Å². The van der Waals surface area contributed by atoms with E-state index in [1.54, 1.807) is 6.07 Å². The lowest BCUT2D eigenvalue weighted by atomic mass is 9.88. The predicted molar refractivity (Wildman–Crippen MR) is 118 cm³/mol. The van der Waals surface area contributed by atoms with E-state index in [-0.39, 0.29) is 17.6 Å². The molecule has 0 bridgehead atoms. The molecule has 3 fully saturated rings. The van der Waals surface area contributed by atoms with Crippen molar-refractivity contribution in [3.8, 4) is 0 Å². The molecule has 2 aliphatic heterocycles. The van der Waals surface area contributed by atoms with Crippen LogP contribution in [0.25, 0.3) is 0 Å². The maximum Gasteiger partial charge on any atom is 0.227 e. The number of hydrogen-bond acceptors (Lipinski definition) is 3. The van der Waals surface area contributed by atoms with Crippen LogP contribution in [0.3, 0.4) is 0 Å². The van der Waals surface area contributed by atoms with Crippen molar-refractivity contribution in [1.29, 1.82) is 0 Å². The van der Waals surface area contributed by atoms with Crippen LogP contribution in [0, 0.1) is 0 Å². The first kappa shape index (κ1) is 21.4. The highest BCUT2D eigenvalue weighted by Gasteiger charge is 2.45. The summed E-state index contributed by atoms with van der Waals surface area (Å²) in [4.78, 5) is 17.9. The Morgan fingerprint density at radius 3 is 2.62 bits per heavy atom. The summed E-state index contributed by atoms with van der Waals surface area (Å²) in [6.07, 6.45) is 9.59. The first-order chi connectivity index (χ1) is 14.0. The Hall–Kier alpha value is -0.810. The van der Waals surface area contributed by atoms with Crippen molar-refractivity contribution in [1.82, 2.24) is 9.80 Å². The van der Waals surface area contributed by atoms with Crippen LogP contribution >= 0.6 is 23.2 Å². The maximum atomic E-state index is 13.3. The van der Waals surface area contributed by atoms with Crippen LogP contribution in [-0.4, -0.2) is 60.1 Å². The van der Waals surface area contributed by atoms with Crippen LogP contribution in [0.15, 0.2) is 18.2 Å². The minimum absolute atomic E-state index is 0.0305. The van der Waals surface area contributed by atoms with E-state index in [0.29, 0.717) is 22.5 Å². The normalized spacial score (nSPS) is 30.6. The summed E-state index contributed by atoms with van der Waals surface area (Å²) < 4.78 is 6.29. The van der Waals surface area contributed by atoms with Gasteiger partial charge in [-0.3, -0.25) is 9.69 Å². The standard InChI is InChI=1S/C23H32Cl2N2O2/c1-26(22(28)15-17-7-8-18(24)19(25)14-17)21-16-23(10-5-13-29-23)9-4-6-20(21)27-11-2-3-12-27/h7-8,14,20-21H,2-6,9-13,15-16H2,1H3. The molecule has 1 aromatic carbocycles. The molecule has 6 heteroatoms. The fourth-order valence-electron chi connectivity index (χ4n) is 5.59. The lowest BCUT2D eigenvalue weighted by molar-refractivity contribution is -0.134. The highest BCUT2D eigenvalue weighted by Crippen LogP contribution is 2.41. The molecule has 0 N–H and O–H groups in total. The predicted octanol–water partition coefficient (Wildman–Crippen LogP) is 4.95. The molecule has 4 rings (SSSR count). The fourth-order valence-corrected chi connectivity index (χ4v) is 5.91. The van der Waals surface area contributed by atoms with Crippen molar-refractivity contribution in [2.24, 2.45) is 0 Å². The summed E-state index contributed by atoms with van der Waals surface area (Å²) in [7, 11) is 1.99. The van der Waals surface area contributed by atoms with Gasteiger partial charge in [-0.05, 0) is 82.2 Å². The van der Waals surface area contributed by atoms with Crippen molar-refractivity contribution in [2.45, 2.75) is 75.5 Å². The zero-order valence-electron chi connectivity index (χ0n) is 17.3. The molecule has 1 spiro atoms. The third-order valence-corrected chi connectivity index (χ3v) is 7.92. The van der Waals surface area contributed by atoms with Gasteiger partial charge in [0, 0.05) is 25.7 Å².